The van der Waals surface area contributed by atoms with E-state index in [1.165, 1.54) is 6.20 Å². The molecular formula is C21H17N3O2. The fraction of sp³-hybridized carbons (Fsp3) is 0.0952. The minimum Gasteiger partial charge on any atom is -0.497 e. The monoisotopic (exact) mass is 343 g/mol. The topological polar surface area (TPSA) is 57.0 Å². The van der Waals surface area contributed by atoms with Crippen LogP contribution in [0, 0.1) is 0 Å². The Hall–Kier alpha value is -3.47. The van der Waals surface area contributed by atoms with Crippen molar-refractivity contribution < 1.29 is 4.74 Å². The number of benzene rings is 2. The molecule has 0 fully saturated rings. The molecule has 4 rings (SSSR count). The number of nitrogens with zero attached hydrogens (tertiary/aromatic N) is 3. The van der Waals surface area contributed by atoms with E-state index in [1.807, 2.05) is 42.5 Å². The molecule has 4 aromatic rings. The summed E-state index contributed by atoms with van der Waals surface area (Å²) in [4.78, 5) is 20.6. The van der Waals surface area contributed by atoms with Gasteiger partial charge in [-0.05, 0) is 41.0 Å². The molecule has 0 spiro atoms. The van der Waals surface area contributed by atoms with Crippen LogP contribution in [0.15, 0.2) is 78.0 Å². The van der Waals surface area contributed by atoms with Crippen LogP contribution >= 0.6 is 0 Å². The van der Waals surface area contributed by atoms with Crippen molar-refractivity contribution in [2.75, 3.05) is 7.11 Å². The van der Waals surface area contributed by atoms with Crippen molar-refractivity contribution in [2.45, 2.75) is 6.54 Å². The number of rotatable bonds is 4. The predicted molar refractivity (Wildman–Crippen MR) is 101 cm³/mol. The first-order valence-electron chi connectivity index (χ1n) is 8.27. The van der Waals surface area contributed by atoms with Crippen LogP contribution in [0.1, 0.15) is 5.56 Å². The third kappa shape index (κ3) is 3.07. The Kier molecular flexibility index (Phi) is 4.19. The third-order valence-electron chi connectivity index (χ3n) is 4.32. The summed E-state index contributed by atoms with van der Waals surface area (Å²) in [5, 5.41) is 0. The normalized spacial score (nSPS) is 10.8. The van der Waals surface area contributed by atoms with Crippen LogP contribution in [0.5, 0.6) is 5.75 Å². The molecule has 2 aromatic heterocycles. The molecular weight excluding hydrogens is 326 g/mol. The molecule has 0 unspecified atom stereocenters. The lowest BCUT2D eigenvalue weighted by Gasteiger charge is -2.11. The fourth-order valence-electron chi connectivity index (χ4n) is 3.01. The van der Waals surface area contributed by atoms with E-state index in [4.69, 9.17) is 4.74 Å². The maximum Gasteiger partial charge on any atom is 0.269 e. The van der Waals surface area contributed by atoms with Gasteiger partial charge in [-0.2, -0.15) is 0 Å². The van der Waals surface area contributed by atoms with E-state index in [0.29, 0.717) is 6.54 Å². The van der Waals surface area contributed by atoms with Gasteiger partial charge in [-0.3, -0.25) is 14.3 Å². The van der Waals surface area contributed by atoms with Crippen LogP contribution in [0.25, 0.3) is 22.2 Å². The molecule has 128 valence electrons. The molecule has 0 aliphatic carbocycles. The largest absolute Gasteiger partial charge is 0.497 e. The van der Waals surface area contributed by atoms with Crippen LogP contribution < -0.4 is 10.3 Å². The summed E-state index contributed by atoms with van der Waals surface area (Å²) in [7, 11) is 1.66. The minimum absolute atomic E-state index is 0.141. The lowest BCUT2D eigenvalue weighted by atomic mass is 10.0. The van der Waals surface area contributed by atoms with Crippen molar-refractivity contribution in [1.29, 1.82) is 0 Å². The fourth-order valence-corrected chi connectivity index (χ4v) is 3.01. The molecule has 5 heteroatoms. The van der Waals surface area contributed by atoms with Crippen molar-refractivity contribution in [3.05, 3.63) is 89.1 Å². The summed E-state index contributed by atoms with van der Waals surface area (Å²) in [6.45, 7) is 0.460. The highest BCUT2D eigenvalue weighted by molar-refractivity contribution is 5.73. The van der Waals surface area contributed by atoms with Gasteiger partial charge in [-0.15, -0.1) is 0 Å². The number of hydrogen-bond acceptors (Lipinski definition) is 4. The number of methoxy groups -OCH3 is 1. The minimum atomic E-state index is -0.141. The molecule has 0 radical (unpaired) electrons. The van der Waals surface area contributed by atoms with Gasteiger partial charge in [0.05, 0.1) is 37.1 Å². The van der Waals surface area contributed by atoms with Crippen LogP contribution in [0.2, 0.25) is 0 Å². The molecule has 5 nitrogen and oxygen atoms in total. The Labute approximate surface area is 150 Å². The highest BCUT2D eigenvalue weighted by atomic mass is 16.5. The van der Waals surface area contributed by atoms with Gasteiger partial charge < -0.3 is 4.74 Å². The maximum absolute atomic E-state index is 12.3. The van der Waals surface area contributed by atoms with Crippen LogP contribution in [0.4, 0.5) is 0 Å². The third-order valence-corrected chi connectivity index (χ3v) is 4.32. The molecule has 0 atom stereocenters. The Morgan fingerprint density at radius 1 is 1.00 bits per heavy atom. The summed E-state index contributed by atoms with van der Waals surface area (Å²) < 4.78 is 7.00. The quantitative estimate of drug-likeness (QED) is 0.569. The van der Waals surface area contributed by atoms with Crippen LogP contribution in [-0.2, 0) is 6.54 Å². The average molecular weight is 343 g/mol. The first-order chi connectivity index (χ1) is 12.7. The highest BCUT2D eigenvalue weighted by Gasteiger charge is 2.07. The van der Waals surface area contributed by atoms with Gasteiger partial charge in [-0.25, -0.2) is 4.98 Å². The van der Waals surface area contributed by atoms with E-state index < -0.39 is 0 Å². The van der Waals surface area contributed by atoms with Gasteiger partial charge in [0.2, 0.25) is 0 Å². The van der Waals surface area contributed by atoms with E-state index in [-0.39, 0.29) is 5.56 Å². The smallest absolute Gasteiger partial charge is 0.269 e. The van der Waals surface area contributed by atoms with Gasteiger partial charge in [0.1, 0.15) is 5.75 Å². The zero-order valence-corrected chi connectivity index (χ0v) is 14.3. The SMILES string of the molecule is COc1cccc(-c2cccc(Cn3c(=O)cnc4ccncc43)c2)c1. The van der Waals surface area contributed by atoms with Gasteiger partial charge in [0.15, 0.2) is 0 Å². The van der Waals surface area contributed by atoms with Gasteiger partial charge in [0, 0.05) is 6.20 Å². The number of aromatic nitrogens is 3. The predicted octanol–water partition coefficient (Wildman–Crippen LogP) is 3.52. The highest BCUT2D eigenvalue weighted by Crippen LogP contribution is 2.25. The lowest BCUT2D eigenvalue weighted by Crippen LogP contribution is -2.21. The molecule has 0 saturated carbocycles. The number of fused-ring (bicyclic) bond motifs is 1. The van der Waals surface area contributed by atoms with Crippen LogP contribution in [0.3, 0.4) is 0 Å². The van der Waals surface area contributed by atoms with E-state index >= 15 is 0 Å². The van der Waals surface area contributed by atoms with Gasteiger partial charge in [0.25, 0.3) is 5.56 Å². The second kappa shape index (κ2) is 6.80. The number of ether oxygens (including phenoxy) is 1. The van der Waals surface area contributed by atoms with Crippen molar-refractivity contribution in [3.8, 4) is 16.9 Å². The molecule has 0 aliphatic heterocycles. The molecule has 2 aromatic carbocycles. The summed E-state index contributed by atoms with van der Waals surface area (Å²) in [6, 6.07) is 17.9. The van der Waals surface area contributed by atoms with E-state index in [2.05, 4.69) is 16.0 Å². The second-order valence-electron chi connectivity index (χ2n) is 5.98. The Bertz CT molecular complexity index is 1140. The first-order valence-corrected chi connectivity index (χ1v) is 8.27. The van der Waals surface area contributed by atoms with Crippen molar-refractivity contribution in [3.63, 3.8) is 0 Å². The second-order valence-corrected chi connectivity index (χ2v) is 5.98. The van der Waals surface area contributed by atoms with E-state index in [1.54, 1.807) is 30.1 Å². The van der Waals surface area contributed by atoms with Crippen molar-refractivity contribution in [2.24, 2.45) is 0 Å². The van der Waals surface area contributed by atoms with Crippen LogP contribution in [-0.4, -0.2) is 21.6 Å². The average Bonchev–Trinajstić information content (AvgIpc) is 2.70. The molecule has 0 bridgehead atoms. The summed E-state index contributed by atoms with van der Waals surface area (Å²) in [5.74, 6) is 0.815. The van der Waals surface area contributed by atoms with E-state index in [9.17, 15) is 4.79 Å². The standard InChI is InChI=1S/C21H17N3O2/c1-26-18-7-3-6-17(11-18)16-5-2-4-15(10-16)14-24-20-12-22-9-8-19(20)23-13-21(24)25/h2-13H,14H2,1H3. The molecule has 0 aliphatic rings. The Balaban J connectivity index is 1.74. The van der Waals surface area contributed by atoms with Crippen molar-refractivity contribution >= 4 is 11.0 Å². The zero-order valence-electron chi connectivity index (χ0n) is 14.3. The van der Waals surface area contributed by atoms with E-state index in [0.717, 1.165) is 33.5 Å². The molecule has 0 amide bonds. The van der Waals surface area contributed by atoms with Gasteiger partial charge >= 0.3 is 0 Å². The summed E-state index contributed by atoms with van der Waals surface area (Å²) in [5.41, 5.74) is 4.52. The summed E-state index contributed by atoms with van der Waals surface area (Å²) in [6.07, 6.45) is 4.71. The van der Waals surface area contributed by atoms with Gasteiger partial charge in [-0.1, -0.05) is 30.3 Å². The molecule has 26 heavy (non-hydrogen) atoms. The molecule has 0 saturated heterocycles. The molecule has 2 heterocycles. The summed E-state index contributed by atoms with van der Waals surface area (Å²) >= 11 is 0. The lowest BCUT2D eigenvalue weighted by molar-refractivity contribution is 0.415. The maximum atomic E-state index is 12.3. The zero-order chi connectivity index (χ0) is 17.9. The Morgan fingerprint density at radius 3 is 2.65 bits per heavy atom. The molecule has 0 N–H and O–H groups in total. The van der Waals surface area contributed by atoms with Crippen molar-refractivity contribution in [1.82, 2.24) is 14.5 Å². The number of pyridine rings is 1. The number of hydrogen-bond donors (Lipinski definition) is 0. The Morgan fingerprint density at radius 2 is 1.81 bits per heavy atom. The first kappa shape index (κ1) is 16.0.